The standard InChI is InChI=1S/C29H24N2O5/c1-17-5-3-7-21(13-17)28(35)30-23-15-19(9-11-25(23)32)27(34)20-10-12-26(33)24(16-20)31-29(36)22-8-4-6-18(2)14-22/h3-16,32-33H,1-2H3,(H,30,35)(H,31,36). The summed E-state index contributed by atoms with van der Waals surface area (Å²) in [6.45, 7) is 3.73. The average molecular weight is 481 g/mol. The smallest absolute Gasteiger partial charge is 0.255 e. The lowest BCUT2D eigenvalue weighted by Crippen LogP contribution is -2.13. The van der Waals surface area contributed by atoms with Crippen LogP contribution in [-0.4, -0.2) is 27.8 Å². The topological polar surface area (TPSA) is 116 Å². The van der Waals surface area contributed by atoms with Gasteiger partial charge >= 0.3 is 0 Å². The van der Waals surface area contributed by atoms with Crippen LogP contribution in [0.5, 0.6) is 11.5 Å². The maximum Gasteiger partial charge on any atom is 0.255 e. The largest absolute Gasteiger partial charge is 0.506 e. The number of carbonyl (C=O) groups is 3. The quantitative estimate of drug-likeness (QED) is 0.216. The molecule has 0 aromatic heterocycles. The number of benzene rings is 4. The van der Waals surface area contributed by atoms with Crippen molar-refractivity contribution in [3.63, 3.8) is 0 Å². The van der Waals surface area contributed by atoms with Crippen LogP contribution in [-0.2, 0) is 0 Å². The number of hydrogen-bond donors (Lipinski definition) is 4. The van der Waals surface area contributed by atoms with Crippen LogP contribution in [0.4, 0.5) is 11.4 Å². The summed E-state index contributed by atoms with van der Waals surface area (Å²) < 4.78 is 0. The van der Waals surface area contributed by atoms with E-state index in [-0.39, 0.29) is 34.0 Å². The molecule has 7 heteroatoms. The summed E-state index contributed by atoms with van der Waals surface area (Å²) in [5.74, 6) is -1.66. The number of ketones is 1. The van der Waals surface area contributed by atoms with E-state index in [4.69, 9.17) is 0 Å². The molecule has 4 rings (SSSR count). The molecule has 4 aromatic carbocycles. The molecule has 0 fully saturated rings. The Kier molecular flexibility index (Phi) is 6.83. The number of hydrogen-bond acceptors (Lipinski definition) is 5. The monoisotopic (exact) mass is 480 g/mol. The van der Waals surface area contributed by atoms with Crippen molar-refractivity contribution in [2.24, 2.45) is 0 Å². The van der Waals surface area contributed by atoms with E-state index in [1.165, 1.54) is 36.4 Å². The van der Waals surface area contributed by atoms with Gasteiger partial charge in [0.15, 0.2) is 5.78 Å². The van der Waals surface area contributed by atoms with Crippen molar-refractivity contribution in [1.82, 2.24) is 0 Å². The molecule has 0 aliphatic rings. The molecule has 0 aliphatic carbocycles. The Morgan fingerprint density at radius 3 is 1.36 bits per heavy atom. The van der Waals surface area contributed by atoms with Crippen LogP contribution in [0.1, 0.15) is 47.8 Å². The third-order valence-electron chi connectivity index (χ3n) is 5.57. The highest BCUT2D eigenvalue weighted by Gasteiger charge is 2.17. The number of nitrogens with one attached hydrogen (secondary N) is 2. The fourth-order valence-corrected chi connectivity index (χ4v) is 3.68. The van der Waals surface area contributed by atoms with E-state index in [1.807, 2.05) is 26.0 Å². The Morgan fingerprint density at radius 2 is 0.972 bits per heavy atom. The van der Waals surface area contributed by atoms with E-state index in [1.54, 1.807) is 36.4 Å². The first-order valence-corrected chi connectivity index (χ1v) is 11.2. The van der Waals surface area contributed by atoms with Gasteiger partial charge in [-0.25, -0.2) is 0 Å². The molecule has 0 saturated heterocycles. The molecule has 0 heterocycles. The molecular formula is C29H24N2O5. The number of carbonyl (C=O) groups excluding carboxylic acids is 3. The molecule has 4 N–H and O–H groups in total. The number of amides is 2. The molecule has 36 heavy (non-hydrogen) atoms. The summed E-state index contributed by atoms with van der Waals surface area (Å²) in [5, 5.41) is 25.7. The van der Waals surface area contributed by atoms with Gasteiger partial charge < -0.3 is 20.8 Å². The van der Waals surface area contributed by atoms with Crippen LogP contribution in [0.3, 0.4) is 0 Å². The predicted molar refractivity (Wildman–Crippen MR) is 138 cm³/mol. The van der Waals surface area contributed by atoms with Crippen molar-refractivity contribution in [2.75, 3.05) is 10.6 Å². The molecule has 0 spiro atoms. The lowest BCUT2D eigenvalue weighted by atomic mass is 10.0. The Labute approximate surface area is 208 Å². The minimum Gasteiger partial charge on any atom is -0.506 e. The van der Waals surface area contributed by atoms with E-state index >= 15 is 0 Å². The molecular weight excluding hydrogens is 456 g/mol. The summed E-state index contributed by atoms with van der Waals surface area (Å²) >= 11 is 0. The Hall–Kier alpha value is -4.91. The van der Waals surface area contributed by atoms with Crippen molar-refractivity contribution in [3.8, 4) is 11.5 Å². The number of rotatable bonds is 6. The van der Waals surface area contributed by atoms with E-state index in [0.29, 0.717) is 11.1 Å². The highest BCUT2D eigenvalue weighted by atomic mass is 16.3. The van der Waals surface area contributed by atoms with Gasteiger partial charge in [0.05, 0.1) is 11.4 Å². The molecule has 0 bridgehead atoms. The second kappa shape index (κ2) is 10.1. The highest BCUT2D eigenvalue weighted by molar-refractivity contribution is 6.12. The summed E-state index contributed by atoms with van der Waals surface area (Å²) in [5.41, 5.74) is 3.22. The molecule has 0 radical (unpaired) electrons. The number of aryl methyl sites for hydroxylation is 2. The first-order valence-electron chi connectivity index (χ1n) is 11.2. The summed E-state index contributed by atoms with van der Waals surface area (Å²) in [6.07, 6.45) is 0. The zero-order valence-corrected chi connectivity index (χ0v) is 19.7. The van der Waals surface area contributed by atoms with Gasteiger partial charge in [0.25, 0.3) is 11.8 Å². The highest BCUT2D eigenvalue weighted by Crippen LogP contribution is 2.29. The van der Waals surface area contributed by atoms with Gasteiger partial charge in [-0.2, -0.15) is 0 Å². The molecule has 0 atom stereocenters. The summed E-state index contributed by atoms with van der Waals surface area (Å²) in [7, 11) is 0. The number of phenolic OH excluding ortho intramolecular Hbond substituents is 2. The van der Waals surface area contributed by atoms with Crippen molar-refractivity contribution in [3.05, 3.63) is 118 Å². The Balaban J connectivity index is 1.57. The molecule has 0 saturated carbocycles. The van der Waals surface area contributed by atoms with Crippen LogP contribution in [0.2, 0.25) is 0 Å². The van der Waals surface area contributed by atoms with E-state index < -0.39 is 17.6 Å². The van der Waals surface area contributed by atoms with E-state index in [0.717, 1.165) is 11.1 Å². The van der Waals surface area contributed by atoms with Gasteiger partial charge in [0.1, 0.15) is 11.5 Å². The lowest BCUT2D eigenvalue weighted by Gasteiger charge is -2.12. The maximum absolute atomic E-state index is 13.2. The Morgan fingerprint density at radius 1 is 0.556 bits per heavy atom. The van der Waals surface area contributed by atoms with Gasteiger partial charge in [-0.3, -0.25) is 14.4 Å². The molecule has 2 amide bonds. The minimum absolute atomic E-state index is 0.0825. The second-order valence-corrected chi connectivity index (χ2v) is 8.44. The van der Waals surface area contributed by atoms with Gasteiger partial charge in [-0.15, -0.1) is 0 Å². The van der Waals surface area contributed by atoms with Gasteiger partial charge in [0, 0.05) is 22.3 Å². The first-order chi connectivity index (χ1) is 17.2. The zero-order chi connectivity index (χ0) is 25.8. The van der Waals surface area contributed by atoms with Crippen molar-refractivity contribution in [2.45, 2.75) is 13.8 Å². The van der Waals surface area contributed by atoms with Crippen LogP contribution >= 0.6 is 0 Å². The summed E-state index contributed by atoms with van der Waals surface area (Å²) in [6, 6.07) is 22.2. The number of phenols is 2. The molecule has 7 nitrogen and oxygen atoms in total. The zero-order valence-electron chi connectivity index (χ0n) is 19.7. The van der Waals surface area contributed by atoms with Crippen molar-refractivity contribution < 1.29 is 24.6 Å². The third kappa shape index (κ3) is 5.42. The molecule has 0 aliphatic heterocycles. The van der Waals surface area contributed by atoms with Crippen molar-refractivity contribution >= 4 is 29.0 Å². The van der Waals surface area contributed by atoms with Crippen LogP contribution in [0.15, 0.2) is 84.9 Å². The van der Waals surface area contributed by atoms with Gasteiger partial charge in [-0.1, -0.05) is 35.4 Å². The average Bonchev–Trinajstić information content (AvgIpc) is 2.86. The van der Waals surface area contributed by atoms with Crippen LogP contribution in [0.25, 0.3) is 0 Å². The molecule has 0 unspecified atom stereocenters. The van der Waals surface area contributed by atoms with E-state index in [2.05, 4.69) is 10.6 Å². The predicted octanol–water partition coefficient (Wildman–Crippen LogP) is 5.45. The SMILES string of the molecule is Cc1cccc(C(=O)Nc2cc(C(=O)c3ccc(O)c(NC(=O)c4cccc(C)c4)c3)ccc2O)c1. The molecule has 180 valence electrons. The van der Waals surface area contributed by atoms with Crippen molar-refractivity contribution in [1.29, 1.82) is 0 Å². The fraction of sp³-hybridized carbons (Fsp3) is 0.0690. The third-order valence-corrected chi connectivity index (χ3v) is 5.57. The lowest BCUT2D eigenvalue weighted by molar-refractivity contribution is 0.101. The fourth-order valence-electron chi connectivity index (χ4n) is 3.68. The number of aromatic hydroxyl groups is 2. The van der Waals surface area contributed by atoms with Crippen LogP contribution in [0, 0.1) is 13.8 Å². The second-order valence-electron chi connectivity index (χ2n) is 8.44. The normalized spacial score (nSPS) is 10.5. The van der Waals surface area contributed by atoms with Gasteiger partial charge in [0.2, 0.25) is 0 Å². The summed E-state index contributed by atoms with van der Waals surface area (Å²) in [4.78, 5) is 38.4. The first kappa shape index (κ1) is 24.2. The van der Waals surface area contributed by atoms with Crippen LogP contribution < -0.4 is 10.6 Å². The Bertz CT molecular complexity index is 1380. The number of anilines is 2. The maximum atomic E-state index is 13.2. The molecule has 4 aromatic rings. The van der Waals surface area contributed by atoms with E-state index in [9.17, 15) is 24.6 Å². The minimum atomic E-state index is -0.427. The van der Waals surface area contributed by atoms with Gasteiger partial charge in [-0.05, 0) is 74.5 Å².